The fourth-order valence-electron chi connectivity index (χ4n) is 0.615. The summed E-state index contributed by atoms with van der Waals surface area (Å²) in [7, 11) is -1.46. The van der Waals surface area contributed by atoms with Gasteiger partial charge < -0.3 is 0 Å². The van der Waals surface area contributed by atoms with Crippen LogP contribution < -0.4 is 0 Å². The van der Waals surface area contributed by atoms with Gasteiger partial charge in [0.2, 0.25) is 7.42 Å². The highest BCUT2D eigenvalue weighted by Crippen LogP contribution is 2.23. The van der Waals surface area contributed by atoms with Crippen molar-refractivity contribution in [1.82, 2.24) is 0 Å². The highest BCUT2D eigenvalue weighted by Gasteiger charge is 2.15. The van der Waals surface area contributed by atoms with Crippen LogP contribution in [0, 0.1) is 0 Å². The van der Waals surface area contributed by atoms with E-state index in [9.17, 15) is 0 Å². The van der Waals surface area contributed by atoms with Crippen molar-refractivity contribution in [2.45, 2.75) is 31.2 Å². The first-order chi connectivity index (χ1) is 4.04. The number of alkyl halides is 1. The molecule has 0 N–H and O–H groups in total. The summed E-state index contributed by atoms with van der Waals surface area (Å²) < 4.78 is 0. The number of hydrogen-bond donors (Lipinski definition) is 0. The van der Waals surface area contributed by atoms with Crippen molar-refractivity contribution >= 4 is 41.2 Å². The molecule has 0 spiro atoms. The molecule has 0 saturated heterocycles. The molecule has 0 aromatic rings. The highest BCUT2D eigenvalue weighted by molar-refractivity contribution is 7.34. The lowest BCUT2D eigenvalue weighted by Crippen LogP contribution is -2.07. The minimum atomic E-state index is -1.46. The zero-order chi connectivity index (χ0) is 7.44. The van der Waals surface area contributed by atoms with Gasteiger partial charge in [0.1, 0.15) is 0 Å². The molecule has 0 heterocycles. The largest absolute Gasteiger partial charge is 0.239 e. The van der Waals surface area contributed by atoms with Crippen molar-refractivity contribution in [2.75, 3.05) is 0 Å². The van der Waals surface area contributed by atoms with Gasteiger partial charge in [0.05, 0.1) is 0 Å². The molecule has 0 bridgehead atoms. The lowest BCUT2D eigenvalue weighted by Gasteiger charge is -2.10. The predicted octanol–water partition coefficient (Wildman–Crippen LogP) is 3.09. The Morgan fingerprint density at radius 2 is 1.78 bits per heavy atom. The Balaban J connectivity index is 3.38. The van der Waals surface area contributed by atoms with Crippen molar-refractivity contribution in [1.29, 1.82) is 0 Å². The van der Waals surface area contributed by atoms with E-state index >= 15 is 0 Å². The molecule has 4 heteroatoms. The van der Waals surface area contributed by atoms with Crippen LogP contribution in [-0.4, -0.2) is 12.8 Å². The van der Waals surface area contributed by atoms with Gasteiger partial charge in [-0.2, -0.15) is 22.2 Å². The average Bonchev–Trinajstić information content (AvgIpc) is 1.63. The fraction of sp³-hybridized carbons (Fsp3) is 1.00. The van der Waals surface area contributed by atoms with E-state index in [1.54, 1.807) is 0 Å². The molecule has 0 aromatic heterocycles. The van der Waals surface area contributed by atoms with Gasteiger partial charge in [-0.1, -0.05) is 6.92 Å². The monoisotopic (exact) mass is 204 g/mol. The van der Waals surface area contributed by atoms with E-state index in [1.807, 2.05) is 6.92 Å². The molecule has 9 heavy (non-hydrogen) atoms. The summed E-state index contributed by atoms with van der Waals surface area (Å²) in [5.41, 5.74) is 0.431. The molecule has 0 radical (unpaired) electrons. The van der Waals surface area contributed by atoms with E-state index in [4.69, 9.17) is 33.8 Å². The van der Waals surface area contributed by atoms with Gasteiger partial charge in [-0.25, -0.2) is 0 Å². The second-order valence-electron chi connectivity index (χ2n) is 2.33. The lowest BCUT2D eigenvalue weighted by atomic mass is 10.3. The number of rotatable bonds is 3. The Hall–Kier alpha value is 1.09. The van der Waals surface area contributed by atoms with Crippen LogP contribution in [0.15, 0.2) is 0 Å². The minimum Gasteiger partial charge on any atom is -0.150 e. The summed E-state index contributed by atoms with van der Waals surface area (Å²) in [5, 5.41) is 0.201. The third kappa shape index (κ3) is 5.53. The molecule has 0 rings (SSSR count). The minimum absolute atomic E-state index is 0.201. The van der Waals surface area contributed by atoms with Crippen LogP contribution in [0.25, 0.3) is 0 Å². The van der Waals surface area contributed by atoms with E-state index in [2.05, 4.69) is 6.92 Å². The topological polar surface area (TPSA) is 0 Å². The van der Waals surface area contributed by atoms with E-state index in [-0.39, 0.29) is 5.38 Å². The quantitative estimate of drug-likeness (QED) is 0.377. The first kappa shape index (κ1) is 10.1. The zero-order valence-electron chi connectivity index (χ0n) is 5.57. The zero-order valence-corrected chi connectivity index (χ0v) is 9.00. The van der Waals surface area contributed by atoms with Crippen molar-refractivity contribution in [3.05, 3.63) is 0 Å². The van der Waals surface area contributed by atoms with Crippen molar-refractivity contribution in [3.8, 4) is 0 Å². The normalized spacial score (nSPS) is 18.0. The van der Waals surface area contributed by atoms with E-state index < -0.39 is 7.42 Å². The Kier molecular flexibility index (Phi) is 5.42. The maximum Gasteiger partial charge on any atom is 0.239 e. The smallest absolute Gasteiger partial charge is 0.150 e. The lowest BCUT2D eigenvalue weighted by molar-refractivity contribution is 0.772. The second-order valence-corrected chi connectivity index (χ2v) is 8.37. The Morgan fingerprint density at radius 3 is 1.89 bits per heavy atom. The molecule has 2 atom stereocenters. The van der Waals surface area contributed by atoms with E-state index in [1.165, 1.54) is 0 Å². The Labute approximate surface area is 72.5 Å². The summed E-state index contributed by atoms with van der Waals surface area (Å²) in [6.45, 7) is 4.01. The summed E-state index contributed by atoms with van der Waals surface area (Å²) in [6, 6.07) is 0. The van der Waals surface area contributed by atoms with Crippen molar-refractivity contribution < 1.29 is 0 Å². The molecule has 2 unspecified atom stereocenters. The van der Waals surface area contributed by atoms with Crippen molar-refractivity contribution in [3.63, 3.8) is 0 Å². The molecule has 56 valence electrons. The summed E-state index contributed by atoms with van der Waals surface area (Å²) in [5.74, 6) is 0. The van der Waals surface area contributed by atoms with Crippen LogP contribution in [0.4, 0.5) is 0 Å². The van der Waals surface area contributed by atoms with Crippen LogP contribution in [0.5, 0.6) is 0 Å². The molecule has 0 amide bonds. The molecule has 0 nitrogen and oxygen atoms in total. The third-order valence-electron chi connectivity index (χ3n) is 1.13. The van der Waals surface area contributed by atoms with Crippen LogP contribution in [0.1, 0.15) is 20.3 Å². The van der Waals surface area contributed by atoms with Gasteiger partial charge in [0, 0.05) is 5.38 Å². The predicted molar refractivity (Wildman–Crippen MR) is 48.2 cm³/mol. The average molecular weight is 206 g/mol. The molecule has 0 aliphatic heterocycles. The SMILES string of the molecule is CC(Cl)CC(C)[SiH](Cl)Cl. The van der Waals surface area contributed by atoms with Crippen LogP contribution in [-0.2, 0) is 0 Å². The highest BCUT2D eigenvalue weighted by atomic mass is 35.7. The third-order valence-corrected chi connectivity index (χ3v) is 5.02. The maximum atomic E-state index is 5.72. The standard InChI is InChI=1S/C5H11Cl3Si/c1-4(6)3-5(2)9(7)8/h4-5,9H,3H2,1-2H3. The van der Waals surface area contributed by atoms with Crippen LogP contribution >= 0.6 is 33.8 Å². The van der Waals surface area contributed by atoms with Crippen LogP contribution in [0.2, 0.25) is 5.54 Å². The molecule has 0 aliphatic carbocycles. The molecule has 0 fully saturated rings. The second kappa shape index (κ2) is 4.83. The van der Waals surface area contributed by atoms with Gasteiger partial charge in [-0.15, -0.1) is 11.6 Å². The summed E-state index contributed by atoms with van der Waals surface area (Å²) in [4.78, 5) is 0. The molecule has 0 aromatic carbocycles. The van der Waals surface area contributed by atoms with Crippen molar-refractivity contribution in [2.24, 2.45) is 0 Å². The first-order valence-electron chi connectivity index (χ1n) is 2.96. The summed E-state index contributed by atoms with van der Waals surface area (Å²) in [6.07, 6.45) is 0.936. The molecular formula is C5H11Cl3Si. The van der Waals surface area contributed by atoms with E-state index in [0.717, 1.165) is 6.42 Å². The van der Waals surface area contributed by atoms with Crippen LogP contribution in [0.3, 0.4) is 0 Å². The van der Waals surface area contributed by atoms with Gasteiger partial charge in [-0.3, -0.25) is 0 Å². The van der Waals surface area contributed by atoms with E-state index in [0.29, 0.717) is 5.54 Å². The van der Waals surface area contributed by atoms with Gasteiger partial charge in [-0.05, 0) is 18.9 Å². The molecule has 0 saturated carbocycles. The van der Waals surface area contributed by atoms with Gasteiger partial charge in [0.15, 0.2) is 0 Å². The number of halogens is 3. The summed E-state index contributed by atoms with van der Waals surface area (Å²) >= 11 is 17.2. The van der Waals surface area contributed by atoms with Gasteiger partial charge in [0.25, 0.3) is 0 Å². The molecular weight excluding hydrogens is 194 g/mol. The fourth-order valence-corrected chi connectivity index (χ4v) is 2.30. The maximum absolute atomic E-state index is 5.72. The first-order valence-corrected chi connectivity index (χ1v) is 7.55. The Morgan fingerprint density at radius 1 is 1.33 bits per heavy atom. The number of hydrogen-bond acceptors (Lipinski definition) is 0. The van der Waals surface area contributed by atoms with Gasteiger partial charge >= 0.3 is 0 Å². The Bertz CT molecular complexity index is 74.6. The molecule has 0 aliphatic rings.